The van der Waals surface area contributed by atoms with Crippen LogP contribution in [0.4, 0.5) is 0 Å². The van der Waals surface area contributed by atoms with Crippen LogP contribution in [0.3, 0.4) is 0 Å². The molecule has 2 spiro atoms. The summed E-state index contributed by atoms with van der Waals surface area (Å²) in [6, 6.07) is 0.456. The first kappa shape index (κ1) is 18.7. The highest BCUT2D eigenvalue weighted by molar-refractivity contribution is 5.90. The molecule has 1 atom stereocenters. The van der Waals surface area contributed by atoms with Gasteiger partial charge in [-0.3, -0.25) is 19.5 Å². The lowest BCUT2D eigenvalue weighted by Crippen LogP contribution is -2.74. The van der Waals surface area contributed by atoms with Gasteiger partial charge in [0, 0.05) is 56.3 Å². The molecule has 0 saturated carbocycles. The average Bonchev–Trinajstić information content (AvgIpc) is 2.94. The molecule has 4 fully saturated rings. The Labute approximate surface area is 159 Å². The highest BCUT2D eigenvalue weighted by Crippen LogP contribution is 2.41. The minimum Gasteiger partial charge on any atom is -0.326 e. The van der Waals surface area contributed by atoms with Crippen molar-refractivity contribution in [2.45, 2.75) is 51.2 Å². The number of amides is 1. The monoisotopic (exact) mass is 363 g/mol. The van der Waals surface area contributed by atoms with Crippen LogP contribution in [0.1, 0.15) is 34.1 Å². The van der Waals surface area contributed by atoms with Crippen LogP contribution in [-0.4, -0.2) is 114 Å². The van der Waals surface area contributed by atoms with E-state index in [0.29, 0.717) is 17.4 Å². The Morgan fingerprint density at radius 1 is 1.08 bits per heavy atom. The van der Waals surface area contributed by atoms with E-state index < -0.39 is 0 Å². The Morgan fingerprint density at radius 3 is 2.27 bits per heavy atom. The van der Waals surface area contributed by atoms with Crippen molar-refractivity contribution in [3.8, 4) is 0 Å². The molecule has 1 amide bonds. The normalized spacial score (nSPS) is 31.0. The van der Waals surface area contributed by atoms with Gasteiger partial charge in [-0.1, -0.05) is 0 Å². The minimum atomic E-state index is -0.267. The van der Waals surface area contributed by atoms with Crippen LogP contribution in [0.25, 0.3) is 0 Å². The molecular weight excluding hydrogens is 326 g/mol. The Hall–Kier alpha value is -0.690. The molecule has 6 heteroatoms. The van der Waals surface area contributed by atoms with Crippen LogP contribution in [-0.2, 0) is 4.79 Å². The second kappa shape index (κ2) is 5.90. The smallest absolute Gasteiger partial charge is 0.246 e. The fourth-order valence-corrected chi connectivity index (χ4v) is 5.47. The highest BCUT2D eigenvalue weighted by atomic mass is 16.2. The van der Waals surface area contributed by atoms with Crippen molar-refractivity contribution in [1.82, 2.24) is 24.5 Å². The van der Waals surface area contributed by atoms with Gasteiger partial charge in [0.2, 0.25) is 5.91 Å². The van der Waals surface area contributed by atoms with Crippen LogP contribution >= 0.6 is 0 Å². The third-order valence-electron chi connectivity index (χ3n) is 7.47. The molecule has 0 aromatic rings. The van der Waals surface area contributed by atoms with Gasteiger partial charge in [-0.15, -0.1) is 0 Å². The molecule has 4 aliphatic heterocycles. The van der Waals surface area contributed by atoms with Crippen LogP contribution in [0.15, 0.2) is 0 Å². The summed E-state index contributed by atoms with van der Waals surface area (Å²) in [5.41, 5.74) is 0.419. The number of likely N-dealkylation sites (tertiary alicyclic amines) is 3. The summed E-state index contributed by atoms with van der Waals surface area (Å²) in [6.45, 7) is 17.3. The summed E-state index contributed by atoms with van der Waals surface area (Å²) < 4.78 is 0. The maximum Gasteiger partial charge on any atom is 0.246 e. The molecule has 0 radical (unpaired) electrons. The number of hydrogen-bond donors (Lipinski definition) is 0. The number of carbonyl (C=O) groups is 1. The summed E-state index contributed by atoms with van der Waals surface area (Å²) in [7, 11) is 4.36. The molecule has 1 unspecified atom stereocenters. The first-order valence-electron chi connectivity index (χ1n) is 10.2. The maximum atomic E-state index is 13.2. The van der Waals surface area contributed by atoms with E-state index >= 15 is 0 Å². The Morgan fingerprint density at radius 2 is 1.73 bits per heavy atom. The molecule has 148 valence electrons. The lowest BCUT2D eigenvalue weighted by atomic mass is 9.78. The molecule has 26 heavy (non-hydrogen) atoms. The van der Waals surface area contributed by atoms with Crippen LogP contribution < -0.4 is 0 Å². The summed E-state index contributed by atoms with van der Waals surface area (Å²) in [6.07, 6.45) is 1.34. The summed E-state index contributed by atoms with van der Waals surface area (Å²) >= 11 is 0. The van der Waals surface area contributed by atoms with Crippen molar-refractivity contribution in [3.05, 3.63) is 0 Å². The van der Waals surface area contributed by atoms with E-state index in [1.807, 2.05) is 0 Å². The average molecular weight is 364 g/mol. The van der Waals surface area contributed by atoms with Gasteiger partial charge in [0.1, 0.15) is 5.54 Å². The van der Waals surface area contributed by atoms with Gasteiger partial charge in [-0.25, -0.2) is 0 Å². The van der Waals surface area contributed by atoms with E-state index in [9.17, 15) is 4.79 Å². The molecule has 4 aliphatic rings. The van der Waals surface area contributed by atoms with Crippen LogP contribution in [0, 0.1) is 5.41 Å². The van der Waals surface area contributed by atoms with Gasteiger partial charge in [0.25, 0.3) is 0 Å². The van der Waals surface area contributed by atoms with Gasteiger partial charge in [0.15, 0.2) is 0 Å². The molecular formula is C20H37N5O. The van der Waals surface area contributed by atoms with Crippen molar-refractivity contribution in [2.75, 3.05) is 66.6 Å². The van der Waals surface area contributed by atoms with Crippen molar-refractivity contribution < 1.29 is 4.79 Å². The third-order valence-corrected chi connectivity index (χ3v) is 7.47. The lowest BCUT2D eigenvalue weighted by molar-refractivity contribution is -0.146. The standard InChI is InChI=1S/C20H37N5O/c1-16(24-11-19(12-24)7-8-21(5)10-19)9-23-15-22(6)20(17(23)26)13-25(14-20)18(2,3)4/h16H,7-15H2,1-6H3. The van der Waals surface area contributed by atoms with Gasteiger partial charge < -0.3 is 9.80 Å². The van der Waals surface area contributed by atoms with E-state index in [-0.39, 0.29) is 11.1 Å². The summed E-state index contributed by atoms with van der Waals surface area (Å²) in [5.74, 6) is 0.350. The van der Waals surface area contributed by atoms with Crippen LogP contribution in [0.2, 0.25) is 0 Å². The number of rotatable bonds is 3. The van der Waals surface area contributed by atoms with Gasteiger partial charge >= 0.3 is 0 Å². The van der Waals surface area contributed by atoms with E-state index in [4.69, 9.17) is 0 Å². The van der Waals surface area contributed by atoms with Gasteiger partial charge in [-0.05, 0) is 54.8 Å². The Kier molecular flexibility index (Phi) is 4.24. The second-order valence-electron chi connectivity index (χ2n) is 10.7. The fourth-order valence-electron chi connectivity index (χ4n) is 5.47. The lowest BCUT2D eigenvalue weighted by Gasteiger charge is -2.55. The Balaban J connectivity index is 1.32. The quantitative estimate of drug-likeness (QED) is 0.733. The highest BCUT2D eigenvalue weighted by Gasteiger charge is 2.60. The molecule has 0 aromatic heterocycles. The molecule has 4 rings (SSSR count). The first-order valence-corrected chi connectivity index (χ1v) is 10.2. The first-order chi connectivity index (χ1) is 12.0. The summed E-state index contributed by atoms with van der Waals surface area (Å²) in [4.78, 5) is 25.0. The van der Waals surface area contributed by atoms with E-state index in [1.165, 1.54) is 32.6 Å². The topological polar surface area (TPSA) is 33.3 Å². The largest absolute Gasteiger partial charge is 0.326 e. The number of hydrogen-bond acceptors (Lipinski definition) is 5. The molecule has 6 nitrogen and oxygen atoms in total. The second-order valence-corrected chi connectivity index (χ2v) is 10.7. The molecule has 0 N–H and O–H groups in total. The fraction of sp³-hybridized carbons (Fsp3) is 0.950. The van der Waals surface area contributed by atoms with Crippen LogP contribution in [0.5, 0.6) is 0 Å². The van der Waals surface area contributed by atoms with E-state index in [0.717, 1.165) is 26.3 Å². The number of likely N-dealkylation sites (N-methyl/N-ethyl adjacent to an activating group) is 1. The minimum absolute atomic E-state index is 0.146. The SMILES string of the molecule is CC(CN1CN(C)C2(CN(C(C)(C)C)C2)C1=O)N1CC2(CCN(C)C2)C1. The maximum absolute atomic E-state index is 13.2. The zero-order chi connectivity index (χ0) is 18.9. The van der Waals surface area contributed by atoms with Crippen molar-refractivity contribution >= 4 is 5.91 Å². The predicted octanol–water partition coefficient (Wildman–Crippen LogP) is 0.597. The van der Waals surface area contributed by atoms with E-state index in [1.54, 1.807) is 0 Å². The zero-order valence-corrected chi connectivity index (χ0v) is 17.6. The van der Waals surface area contributed by atoms with E-state index in [2.05, 4.69) is 66.3 Å². The van der Waals surface area contributed by atoms with Crippen molar-refractivity contribution in [2.24, 2.45) is 5.41 Å². The molecule has 0 bridgehead atoms. The van der Waals surface area contributed by atoms with Crippen molar-refractivity contribution in [1.29, 1.82) is 0 Å². The van der Waals surface area contributed by atoms with Crippen molar-refractivity contribution in [3.63, 3.8) is 0 Å². The summed E-state index contributed by atoms with van der Waals surface area (Å²) in [5, 5.41) is 0. The predicted molar refractivity (Wildman–Crippen MR) is 104 cm³/mol. The molecule has 0 aliphatic carbocycles. The zero-order valence-electron chi connectivity index (χ0n) is 17.6. The van der Waals surface area contributed by atoms with Gasteiger partial charge in [-0.2, -0.15) is 0 Å². The Bertz CT molecular complexity index is 573. The molecule has 4 heterocycles. The number of carbonyl (C=O) groups excluding carboxylic acids is 1. The molecule has 4 saturated heterocycles. The van der Waals surface area contributed by atoms with Gasteiger partial charge in [0.05, 0.1) is 6.67 Å². The number of nitrogens with zero attached hydrogens (tertiary/aromatic N) is 5. The molecule has 0 aromatic carbocycles. The third kappa shape index (κ3) is 2.81.